The van der Waals surface area contributed by atoms with Crippen molar-refractivity contribution in [3.8, 4) is 0 Å². The Bertz CT molecular complexity index is 405. The summed E-state index contributed by atoms with van der Waals surface area (Å²) < 4.78 is 22.3. The van der Waals surface area contributed by atoms with Crippen LogP contribution in [-0.4, -0.2) is 61.6 Å². The SMILES string of the molecule is CS(=O)(=O)CCC(N)C(=O)N(CCO)C1CCCCC1. The van der Waals surface area contributed by atoms with Crippen LogP contribution < -0.4 is 5.73 Å². The van der Waals surface area contributed by atoms with E-state index in [2.05, 4.69) is 0 Å². The molecule has 0 radical (unpaired) electrons. The quantitative estimate of drug-likeness (QED) is 0.684. The van der Waals surface area contributed by atoms with E-state index in [-0.39, 0.29) is 37.3 Å². The standard InChI is InChI=1S/C13H26N2O4S/c1-20(18,19)10-7-12(14)13(17)15(8-9-16)11-5-3-2-4-6-11/h11-12,16H,2-10,14H2,1H3. The van der Waals surface area contributed by atoms with E-state index in [0.29, 0.717) is 0 Å². The van der Waals surface area contributed by atoms with Crippen molar-refractivity contribution < 1.29 is 18.3 Å². The summed E-state index contributed by atoms with van der Waals surface area (Å²) in [6, 6.07) is -0.675. The van der Waals surface area contributed by atoms with Crippen LogP contribution in [0.5, 0.6) is 0 Å². The molecule has 0 aliphatic heterocycles. The van der Waals surface area contributed by atoms with E-state index >= 15 is 0 Å². The zero-order valence-electron chi connectivity index (χ0n) is 12.1. The van der Waals surface area contributed by atoms with Crippen molar-refractivity contribution in [3.63, 3.8) is 0 Å². The summed E-state index contributed by atoms with van der Waals surface area (Å²) in [5.41, 5.74) is 5.82. The van der Waals surface area contributed by atoms with Gasteiger partial charge in [-0.25, -0.2) is 8.42 Å². The summed E-state index contributed by atoms with van der Waals surface area (Å²) in [7, 11) is -3.12. The van der Waals surface area contributed by atoms with Crippen molar-refractivity contribution in [3.05, 3.63) is 0 Å². The van der Waals surface area contributed by atoms with Crippen molar-refractivity contribution in [2.45, 2.75) is 50.6 Å². The molecule has 0 aromatic carbocycles. The van der Waals surface area contributed by atoms with E-state index in [1.165, 1.54) is 6.42 Å². The van der Waals surface area contributed by atoms with Gasteiger partial charge in [0.2, 0.25) is 5.91 Å². The van der Waals surface area contributed by atoms with Gasteiger partial charge in [-0.05, 0) is 19.3 Å². The molecule has 1 atom stereocenters. The van der Waals surface area contributed by atoms with Gasteiger partial charge >= 0.3 is 0 Å². The zero-order valence-corrected chi connectivity index (χ0v) is 12.9. The van der Waals surface area contributed by atoms with Gasteiger partial charge in [-0.15, -0.1) is 0 Å². The Balaban J connectivity index is 2.62. The molecule has 20 heavy (non-hydrogen) atoms. The maximum atomic E-state index is 12.3. The fourth-order valence-corrected chi connectivity index (χ4v) is 3.33. The maximum absolute atomic E-state index is 12.3. The second kappa shape index (κ2) is 7.95. The van der Waals surface area contributed by atoms with Gasteiger partial charge < -0.3 is 15.7 Å². The number of sulfone groups is 1. The number of carbonyl (C=O) groups is 1. The molecule has 1 aliphatic carbocycles. The van der Waals surface area contributed by atoms with Gasteiger partial charge in [-0.2, -0.15) is 0 Å². The average Bonchev–Trinajstić information content (AvgIpc) is 2.41. The van der Waals surface area contributed by atoms with Crippen molar-refractivity contribution in [1.82, 2.24) is 4.90 Å². The van der Waals surface area contributed by atoms with Crippen LogP contribution in [-0.2, 0) is 14.6 Å². The minimum Gasteiger partial charge on any atom is -0.395 e. The van der Waals surface area contributed by atoms with E-state index in [9.17, 15) is 13.2 Å². The Morgan fingerprint density at radius 2 is 1.95 bits per heavy atom. The molecule has 7 heteroatoms. The molecule has 1 fully saturated rings. The van der Waals surface area contributed by atoms with Crippen molar-refractivity contribution in [1.29, 1.82) is 0 Å². The first-order chi connectivity index (χ1) is 9.35. The number of hydrogen-bond acceptors (Lipinski definition) is 5. The normalized spacial score (nSPS) is 18.8. The lowest BCUT2D eigenvalue weighted by atomic mass is 9.93. The van der Waals surface area contributed by atoms with Gasteiger partial charge in [-0.3, -0.25) is 4.79 Å². The molecule has 0 bridgehead atoms. The molecule has 0 aromatic heterocycles. The summed E-state index contributed by atoms with van der Waals surface area (Å²) >= 11 is 0. The van der Waals surface area contributed by atoms with Crippen LogP contribution in [0.15, 0.2) is 0 Å². The van der Waals surface area contributed by atoms with E-state index in [1.807, 2.05) is 0 Å². The van der Waals surface area contributed by atoms with Crippen molar-refractivity contribution in [2.24, 2.45) is 5.73 Å². The number of aliphatic hydroxyl groups is 1. The van der Waals surface area contributed by atoms with Crippen LogP contribution in [0.3, 0.4) is 0 Å². The summed E-state index contributed by atoms with van der Waals surface area (Å²) in [5, 5.41) is 9.13. The molecule has 0 spiro atoms. The number of nitrogens with zero attached hydrogens (tertiary/aromatic N) is 1. The van der Waals surface area contributed by atoms with E-state index < -0.39 is 15.9 Å². The van der Waals surface area contributed by atoms with Crippen molar-refractivity contribution in [2.75, 3.05) is 25.2 Å². The minimum absolute atomic E-state index is 0.0858. The Labute approximate surface area is 121 Å². The molecule has 1 saturated carbocycles. The van der Waals surface area contributed by atoms with Crippen LogP contribution in [0.1, 0.15) is 38.5 Å². The minimum atomic E-state index is -3.12. The van der Waals surface area contributed by atoms with Gasteiger partial charge in [0.05, 0.1) is 18.4 Å². The first-order valence-electron chi connectivity index (χ1n) is 7.20. The first kappa shape index (κ1) is 17.4. The van der Waals surface area contributed by atoms with E-state index in [4.69, 9.17) is 10.8 Å². The fourth-order valence-electron chi connectivity index (χ4n) is 2.65. The number of carbonyl (C=O) groups excluding carboxylic acids is 1. The molecule has 1 amide bonds. The van der Waals surface area contributed by atoms with Crippen LogP contribution >= 0.6 is 0 Å². The highest BCUT2D eigenvalue weighted by molar-refractivity contribution is 7.90. The van der Waals surface area contributed by atoms with Gasteiger partial charge in [-0.1, -0.05) is 19.3 Å². The summed E-state index contributed by atoms with van der Waals surface area (Å²) in [5.74, 6) is -0.327. The summed E-state index contributed by atoms with van der Waals surface area (Å²) in [6.45, 7) is 0.178. The van der Waals surface area contributed by atoms with E-state index in [0.717, 1.165) is 31.9 Å². The van der Waals surface area contributed by atoms with Crippen LogP contribution in [0.4, 0.5) is 0 Å². The molecule has 1 unspecified atom stereocenters. The molecule has 118 valence electrons. The first-order valence-corrected chi connectivity index (χ1v) is 9.26. The Morgan fingerprint density at radius 3 is 2.45 bits per heavy atom. The number of rotatable bonds is 7. The predicted octanol–water partition coefficient (Wildman–Crippen LogP) is -0.0980. The molecular formula is C13H26N2O4S. The van der Waals surface area contributed by atoms with Crippen LogP contribution in [0.25, 0.3) is 0 Å². The van der Waals surface area contributed by atoms with Gasteiger partial charge in [0, 0.05) is 18.8 Å². The number of hydrogen-bond donors (Lipinski definition) is 2. The highest BCUT2D eigenvalue weighted by Crippen LogP contribution is 2.23. The van der Waals surface area contributed by atoms with Gasteiger partial charge in [0.1, 0.15) is 9.84 Å². The molecule has 6 nitrogen and oxygen atoms in total. The third kappa shape index (κ3) is 5.76. The highest BCUT2D eigenvalue weighted by atomic mass is 32.2. The predicted molar refractivity (Wildman–Crippen MR) is 78.0 cm³/mol. The summed E-state index contributed by atoms with van der Waals surface area (Å²) in [4.78, 5) is 14.0. The highest BCUT2D eigenvalue weighted by Gasteiger charge is 2.28. The fraction of sp³-hybridized carbons (Fsp3) is 0.923. The summed E-state index contributed by atoms with van der Waals surface area (Å²) in [6.07, 6.45) is 6.48. The van der Waals surface area contributed by atoms with Gasteiger partial charge in [0.15, 0.2) is 0 Å². The largest absolute Gasteiger partial charge is 0.395 e. The molecular weight excluding hydrogens is 280 g/mol. The molecule has 0 saturated heterocycles. The molecule has 3 N–H and O–H groups in total. The number of aliphatic hydroxyl groups excluding tert-OH is 1. The second-order valence-corrected chi connectivity index (χ2v) is 7.83. The van der Waals surface area contributed by atoms with Gasteiger partial charge in [0.25, 0.3) is 0 Å². The Kier molecular flexibility index (Phi) is 6.91. The lowest BCUT2D eigenvalue weighted by molar-refractivity contribution is -0.136. The smallest absolute Gasteiger partial charge is 0.239 e. The van der Waals surface area contributed by atoms with Crippen LogP contribution in [0.2, 0.25) is 0 Å². The average molecular weight is 306 g/mol. The van der Waals surface area contributed by atoms with Crippen molar-refractivity contribution >= 4 is 15.7 Å². The number of nitrogens with two attached hydrogens (primary N) is 1. The Hall–Kier alpha value is -0.660. The monoisotopic (exact) mass is 306 g/mol. The maximum Gasteiger partial charge on any atom is 0.239 e. The zero-order chi connectivity index (χ0) is 15.2. The lowest BCUT2D eigenvalue weighted by Crippen LogP contribution is -2.50. The topological polar surface area (TPSA) is 101 Å². The Morgan fingerprint density at radius 1 is 1.35 bits per heavy atom. The lowest BCUT2D eigenvalue weighted by Gasteiger charge is -2.35. The molecule has 0 aromatic rings. The number of amides is 1. The molecule has 0 heterocycles. The second-order valence-electron chi connectivity index (χ2n) is 5.57. The molecule has 1 rings (SSSR count). The van der Waals surface area contributed by atoms with Crippen LogP contribution in [0, 0.1) is 0 Å². The third-order valence-electron chi connectivity index (χ3n) is 3.76. The third-order valence-corrected chi connectivity index (χ3v) is 4.73. The van der Waals surface area contributed by atoms with E-state index in [1.54, 1.807) is 4.90 Å². The molecule has 1 aliphatic rings.